The lowest BCUT2D eigenvalue weighted by Gasteiger charge is -2.25. The standard InChI is InChI=1S/C12H20N2O3/c1-8(2)14(5-6-15)12(16)7-11-9(3)13-17-10(11)4/h8,15H,5-7H2,1-4H3. The maximum atomic E-state index is 12.1. The van der Waals surface area contributed by atoms with Crippen molar-refractivity contribution in [3.8, 4) is 0 Å². The zero-order chi connectivity index (χ0) is 13.0. The van der Waals surface area contributed by atoms with E-state index in [0.29, 0.717) is 12.3 Å². The molecule has 0 unspecified atom stereocenters. The van der Waals surface area contributed by atoms with Crippen molar-refractivity contribution in [2.45, 2.75) is 40.2 Å². The molecule has 1 aromatic heterocycles. The molecular weight excluding hydrogens is 220 g/mol. The third-order valence-electron chi connectivity index (χ3n) is 2.79. The van der Waals surface area contributed by atoms with E-state index in [-0.39, 0.29) is 25.0 Å². The maximum Gasteiger partial charge on any atom is 0.227 e. The Hall–Kier alpha value is -1.36. The Bertz CT molecular complexity index is 366. The van der Waals surface area contributed by atoms with Crippen LogP contribution in [-0.2, 0) is 11.2 Å². The maximum absolute atomic E-state index is 12.1. The van der Waals surface area contributed by atoms with Gasteiger partial charge in [-0.2, -0.15) is 0 Å². The van der Waals surface area contributed by atoms with E-state index in [1.54, 1.807) is 11.8 Å². The van der Waals surface area contributed by atoms with Crippen LogP contribution in [0.1, 0.15) is 30.9 Å². The number of hydrogen-bond acceptors (Lipinski definition) is 4. The Morgan fingerprint density at radius 1 is 1.47 bits per heavy atom. The zero-order valence-corrected chi connectivity index (χ0v) is 10.9. The molecule has 17 heavy (non-hydrogen) atoms. The summed E-state index contributed by atoms with van der Waals surface area (Å²) in [5.41, 5.74) is 1.60. The van der Waals surface area contributed by atoms with Crippen LogP contribution >= 0.6 is 0 Å². The summed E-state index contributed by atoms with van der Waals surface area (Å²) in [6.45, 7) is 7.83. The number of carbonyl (C=O) groups is 1. The molecule has 1 amide bonds. The van der Waals surface area contributed by atoms with Gasteiger partial charge in [-0.1, -0.05) is 5.16 Å². The molecule has 0 atom stereocenters. The Kier molecular flexibility index (Phi) is 4.69. The van der Waals surface area contributed by atoms with E-state index in [4.69, 9.17) is 9.63 Å². The van der Waals surface area contributed by atoms with Crippen molar-refractivity contribution in [2.24, 2.45) is 0 Å². The molecule has 0 fully saturated rings. The molecule has 0 aliphatic carbocycles. The highest BCUT2D eigenvalue weighted by molar-refractivity contribution is 5.79. The Labute approximate surface area is 101 Å². The molecule has 5 nitrogen and oxygen atoms in total. The first-order valence-corrected chi connectivity index (χ1v) is 5.79. The molecular formula is C12H20N2O3. The van der Waals surface area contributed by atoms with Crippen LogP contribution in [-0.4, -0.2) is 40.3 Å². The van der Waals surface area contributed by atoms with Crippen LogP contribution in [0.15, 0.2) is 4.52 Å². The largest absolute Gasteiger partial charge is 0.395 e. The second-order valence-corrected chi connectivity index (χ2v) is 4.38. The number of carbonyl (C=O) groups excluding carboxylic acids is 1. The molecule has 1 rings (SSSR count). The lowest BCUT2D eigenvalue weighted by Crippen LogP contribution is -2.40. The minimum atomic E-state index is -0.0223. The van der Waals surface area contributed by atoms with Gasteiger partial charge < -0.3 is 14.5 Å². The molecule has 1 heterocycles. The van der Waals surface area contributed by atoms with Crippen LogP contribution in [0.5, 0.6) is 0 Å². The van der Waals surface area contributed by atoms with Gasteiger partial charge in [0.25, 0.3) is 0 Å². The molecule has 0 spiro atoms. The molecule has 1 aromatic rings. The van der Waals surface area contributed by atoms with E-state index in [0.717, 1.165) is 11.3 Å². The molecule has 0 aliphatic rings. The van der Waals surface area contributed by atoms with Gasteiger partial charge in [0.05, 0.1) is 18.7 Å². The third-order valence-corrected chi connectivity index (χ3v) is 2.79. The first-order chi connectivity index (χ1) is 7.97. The summed E-state index contributed by atoms with van der Waals surface area (Å²) in [4.78, 5) is 13.8. The third kappa shape index (κ3) is 3.30. The van der Waals surface area contributed by atoms with E-state index in [1.807, 2.05) is 20.8 Å². The van der Waals surface area contributed by atoms with Crippen molar-refractivity contribution >= 4 is 5.91 Å². The Morgan fingerprint density at radius 3 is 2.53 bits per heavy atom. The molecule has 96 valence electrons. The van der Waals surface area contributed by atoms with E-state index in [9.17, 15) is 4.79 Å². The molecule has 1 N–H and O–H groups in total. The van der Waals surface area contributed by atoms with Crippen molar-refractivity contribution in [2.75, 3.05) is 13.2 Å². The summed E-state index contributed by atoms with van der Waals surface area (Å²) in [5, 5.41) is 12.8. The van der Waals surface area contributed by atoms with Crippen molar-refractivity contribution in [3.63, 3.8) is 0 Å². The quantitative estimate of drug-likeness (QED) is 0.835. The number of aryl methyl sites for hydroxylation is 2. The number of nitrogens with zero attached hydrogens (tertiary/aromatic N) is 2. The summed E-state index contributed by atoms with van der Waals surface area (Å²) in [5.74, 6) is 0.673. The highest BCUT2D eigenvalue weighted by Gasteiger charge is 2.20. The number of hydrogen-bond donors (Lipinski definition) is 1. The molecule has 0 aromatic carbocycles. The average Bonchev–Trinajstić information content (AvgIpc) is 2.57. The fourth-order valence-corrected chi connectivity index (χ4v) is 1.79. The zero-order valence-electron chi connectivity index (χ0n) is 10.9. The van der Waals surface area contributed by atoms with Gasteiger partial charge in [-0.15, -0.1) is 0 Å². The molecule has 0 saturated carbocycles. The van der Waals surface area contributed by atoms with E-state index >= 15 is 0 Å². The average molecular weight is 240 g/mol. The SMILES string of the molecule is Cc1noc(C)c1CC(=O)N(CCO)C(C)C. The van der Waals surface area contributed by atoms with Gasteiger partial charge in [0.15, 0.2) is 0 Å². The van der Waals surface area contributed by atoms with Crippen molar-refractivity contribution in [3.05, 3.63) is 17.0 Å². The second-order valence-electron chi connectivity index (χ2n) is 4.38. The number of aromatic nitrogens is 1. The van der Waals surface area contributed by atoms with Gasteiger partial charge >= 0.3 is 0 Å². The van der Waals surface area contributed by atoms with Crippen molar-refractivity contribution in [1.29, 1.82) is 0 Å². The van der Waals surface area contributed by atoms with Crippen LogP contribution in [0, 0.1) is 13.8 Å². The van der Waals surface area contributed by atoms with E-state index < -0.39 is 0 Å². The summed E-state index contributed by atoms with van der Waals surface area (Å²) < 4.78 is 5.03. The lowest BCUT2D eigenvalue weighted by molar-refractivity contribution is -0.132. The first-order valence-electron chi connectivity index (χ1n) is 5.79. The summed E-state index contributed by atoms with van der Waals surface area (Å²) in [6.07, 6.45) is 0.277. The normalized spacial score (nSPS) is 10.9. The summed E-state index contributed by atoms with van der Waals surface area (Å²) in [7, 11) is 0. The fourth-order valence-electron chi connectivity index (χ4n) is 1.79. The van der Waals surface area contributed by atoms with Crippen LogP contribution in [0.25, 0.3) is 0 Å². The molecule has 0 saturated heterocycles. The van der Waals surface area contributed by atoms with Crippen LogP contribution < -0.4 is 0 Å². The van der Waals surface area contributed by atoms with Crippen molar-refractivity contribution in [1.82, 2.24) is 10.1 Å². The van der Waals surface area contributed by atoms with Gasteiger partial charge in [0, 0.05) is 18.2 Å². The predicted molar refractivity (Wildman–Crippen MR) is 63.6 cm³/mol. The monoisotopic (exact) mass is 240 g/mol. The second kappa shape index (κ2) is 5.82. The highest BCUT2D eigenvalue weighted by Crippen LogP contribution is 2.14. The Balaban J connectivity index is 2.77. The van der Waals surface area contributed by atoms with Gasteiger partial charge in [0.1, 0.15) is 5.76 Å². The van der Waals surface area contributed by atoms with Crippen LogP contribution in [0.2, 0.25) is 0 Å². The summed E-state index contributed by atoms with van der Waals surface area (Å²) in [6, 6.07) is 0.0788. The van der Waals surface area contributed by atoms with E-state index in [2.05, 4.69) is 5.16 Å². The highest BCUT2D eigenvalue weighted by atomic mass is 16.5. The summed E-state index contributed by atoms with van der Waals surface area (Å²) >= 11 is 0. The number of amides is 1. The molecule has 5 heteroatoms. The predicted octanol–water partition coefficient (Wildman–Crippen LogP) is 1.06. The number of aliphatic hydroxyl groups excluding tert-OH is 1. The fraction of sp³-hybridized carbons (Fsp3) is 0.667. The topological polar surface area (TPSA) is 66.6 Å². The lowest BCUT2D eigenvalue weighted by atomic mass is 10.1. The molecule has 0 bridgehead atoms. The first kappa shape index (κ1) is 13.7. The minimum Gasteiger partial charge on any atom is -0.395 e. The number of aliphatic hydroxyl groups is 1. The Morgan fingerprint density at radius 2 is 2.12 bits per heavy atom. The van der Waals surface area contributed by atoms with Crippen molar-refractivity contribution < 1.29 is 14.4 Å². The molecule has 0 aliphatic heterocycles. The van der Waals surface area contributed by atoms with Gasteiger partial charge in [-0.25, -0.2) is 0 Å². The van der Waals surface area contributed by atoms with Crippen LogP contribution in [0.4, 0.5) is 0 Å². The van der Waals surface area contributed by atoms with Gasteiger partial charge in [-0.05, 0) is 27.7 Å². The van der Waals surface area contributed by atoms with E-state index in [1.165, 1.54) is 0 Å². The smallest absolute Gasteiger partial charge is 0.227 e. The van der Waals surface area contributed by atoms with Crippen LogP contribution in [0.3, 0.4) is 0 Å². The number of rotatable bonds is 5. The van der Waals surface area contributed by atoms with Gasteiger partial charge in [-0.3, -0.25) is 4.79 Å². The minimum absolute atomic E-state index is 0.0107. The van der Waals surface area contributed by atoms with Gasteiger partial charge in [0.2, 0.25) is 5.91 Å². The molecule has 0 radical (unpaired) electrons.